The summed E-state index contributed by atoms with van der Waals surface area (Å²) in [5.41, 5.74) is 0. The van der Waals surface area contributed by atoms with E-state index in [1.165, 1.54) is 0 Å². The minimum absolute atomic E-state index is 0.141. The summed E-state index contributed by atoms with van der Waals surface area (Å²) in [5.74, 6) is 0.813. The Bertz CT molecular complexity index is 338. The van der Waals surface area contributed by atoms with E-state index in [9.17, 15) is 4.79 Å². The zero-order valence-corrected chi connectivity index (χ0v) is 10.7. The third-order valence-electron chi connectivity index (χ3n) is 2.26. The predicted molar refractivity (Wildman–Crippen MR) is 65.2 cm³/mol. The molecule has 0 N–H and O–H groups in total. The van der Waals surface area contributed by atoms with Crippen LogP contribution in [0.25, 0.3) is 0 Å². The lowest BCUT2D eigenvalue weighted by Gasteiger charge is -2.15. The molecule has 1 rings (SSSR count). The maximum Gasteiger partial charge on any atom is 0.289 e. The van der Waals surface area contributed by atoms with Gasteiger partial charge in [-0.2, -0.15) is 0 Å². The fourth-order valence-electron chi connectivity index (χ4n) is 1.34. The number of rotatable bonds is 6. The number of amides is 1. The zero-order chi connectivity index (χ0) is 12.0. The van der Waals surface area contributed by atoms with Crippen LogP contribution < -0.4 is 0 Å². The van der Waals surface area contributed by atoms with Crippen LogP contribution in [-0.4, -0.2) is 30.3 Å². The van der Waals surface area contributed by atoms with Crippen LogP contribution in [0.5, 0.6) is 0 Å². The maximum atomic E-state index is 11.8. The SMILES string of the molecule is CN(CCCCCCl)C(=O)c1ccc(Cl)o1. The van der Waals surface area contributed by atoms with Crippen molar-refractivity contribution >= 4 is 29.1 Å². The summed E-state index contributed by atoms with van der Waals surface area (Å²) in [7, 11) is 1.75. The van der Waals surface area contributed by atoms with Crippen LogP contribution in [0.4, 0.5) is 0 Å². The lowest BCUT2D eigenvalue weighted by Crippen LogP contribution is -2.27. The van der Waals surface area contributed by atoms with Gasteiger partial charge in [-0.3, -0.25) is 4.79 Å². The van der Waals surface area contributed by atoms with Gasteiger partial charge in [0.2, 0.25) is 0 Å². The van der Waals surface area contributed by atoms with E-state index in [4.69, 9.17) is 27.6 Å². The molecule has 0 aliphatic rings. The second-order valence-corrected chi connectivity index (χ2v) is 4.33. The van der Waals surface area contributed by atoms with Crippen molar-refractivity contribution in [2.24, 2.45) is 0 Å². The van der Waals surface area contributed by atoms with E-state index < -0.39 is 0 Å². The maximum absolute atomic E-state index is 11.8. The number of furan rings is 1. The van der Waals surface area contributed by atoms with Crippen LogP contribution in [-0.2, 0) is 0 Å². The van der Waals surface area contributed by atoms with Gasteiger partial charge < -0.3 is 9.32 Å². The van der Waals surface area contributed by atoms with Crippen molar-refractivity contribution < 1.29 is 9.21 Å². The number of halogens is 2. The summed E-state index contributed by atoms with van der Waals surface area (Å²) in [5, 5.41) is 0.235. The normalized spacial score (nSPS) is 10.4. The van der Waals surface area contributed by atoms with Gasteiger partial charge in [0.15, 0.2) is 11.0 Å². The van der Waals surface area contributed by atoms with Gasteiger partial charge in [0.05, 0.1) is 0 Å². The Morgan fingerprint density at radius 1 is 1.38 bits per heavy atom. The number of nitrogens with zero attached hydrogens (tertiary/aromatic N) is 1. The first kappa shape index (κ1) is 13.4. The molecular formula is C11H15Cl2NO2. The predicted octanol–water partition coefficient (Wildman–Crippen LogP) is 3.41. The van der Waals surface area contributed by atoms with E-state index >= 15 is 0 Å². The van der Waals surface area contributed by atoms with Crippen LogP contribution >= 0.6 is 23.2 Å². The van der Waals surface area contributed by atoms with Crippen molar-refractivity contribution in [3.05, 3.63) is 23.1 Å². The van der Waals surface area contributed by atoms with Crippen LogP contribution in [0.2, 0.25) is 5.22 Å². The molecule has 0 saturated carbocycles. The molecule has 0 aromatic carbocycles. The zero-order valence-electron chi connectivity index (χ0n) is 9.21. The molecule has 3 nitrogen and oxygen atoms in total. The average Bonchev–Trinajstić information content (AvgIpc) is 2.70. The molecule has 0 bridgehead atoms. The second kappa shape index (κ2) is 6.81. The quantitative estimate of drug-likeness (QED) is 0.582. The van der Waals surface area contributed by atoms with Gasteiger partial charge in [-0.15, -0.1) is 11.6 Å². The van der Waals surface area contributed by atoms with Crippen LogP contribution in [0, 0.1) is 0 Å². The highest BCUT2D eigenvalue weighted by atomic mass is 35.5. The summed E-state index contributed by atoms with van der Waals surface area (Å²) in [6.45, 7) is 0.702. The van der Waals surface area contributed by atoms with Crippen molar-refractivity contribution in [2.75, 3.05) is 19.5 Å². The molecule has 0 unspecified atom stereocenters. The van der Waals surface area contributed by atoms with Gasteiger partial charge in [-0.25, -0.2) is 0 Å². The largest absolute Gasteiger partial charge is 0.440 e. The van der Waals surface area contributed by atoms with E-state index in [0.29, 0.717) is 12.4 Å². The lowest BCUT2D eigenvalue weighted by atomic mass is 10.2. The monoisotopic (exact) mass is 263 g/mol. The van der Waals surface area contributed by atoms with Gasteiger partial charge in [0.1, 0.15) is 0 Å². The number of carbonyl (C=O) groups excluding carboxylic acids is 1. The second-order valence-electron chi connectivity index (χ2n) is 3.58. The van der Waals surface area contributed by atoms with E-state index in [-0.39, 0.29) is 16.9 Å². The Morgan fingerprint density at radius 3 is 2.69 bits per heavy atom. The molecule has 1 heterocycles. The van der Waals surface area contributed by atoms with Crippen molar-refractivity contribution in [2.45, 2.75) is 19.3 Å². The number of hydrogen-bond acceptors (Lipinski definition) is 2. The van der Waals surface area contributed by atoms with E-state index in [2.05, 4.69) is 0 Å². The summed E-state index contributed by atoms with van der Waals surface area (Å²) >= 11 is 11.2. The molecule has 0 fully saturated rings. The number of unbranched alkanes of at least 4 members (excludes halogenated alkanes) is 2. The molecule has 0 aliphatic carbocycles. The van der Waals surface area contributed by atoms with Gasteiger partial charge >= 0.3 is 0 Å². The molecular weight excluding hydrogens is 249 g/mol. The molecule has 0 atom stereocenters. The highest BCUT2D eigenvalue weighted by molar-refractivity contribution is 6.29. The summed E-state index contributed by atoms with van der Waals surface area (Å²) in [6.07, 6.45) is 2.96. The highest BCUT2D eigenvalue weighted by Gasteiger charge is 2.14. The topological polar surface area (TPSA) is 33.5 Å². The molecule has 90 valence electrons. The third kappa shape index (κ3) is 4.06. The summed E-state index contributed by atoms with van der Waals surface area (Å²) < 4.78 is 5.05. The van der Waals surface area contributed by atoms with Crippen LogP contribution in [0.3, 0.4) is 0 Å². The standard InChI is InChI=1S/C11H15Cl2NO2/c1-14(8-4-2-3-7-12)11(15)9-5-6-10(13)16-9/h5-6H,2-4,7-8H2,1H3. The van der Waals surface area contributed by atoms with Gasteiger partial charge in [-0.1, -0.05) is 6.42 Å². The molecule has 0 saturated heterocycles. The summed E-state index contributed by atoms with van der Waals surface area (Å²) in [6, 6.07) is 3.15. The Morgan fingerprint density at radius 2 is 2.12 bits per heavy atom. The van der Waals surface area contributed by atoms with E-state index in [1.807, 2.05) is 0 Å². The fraction of sp³-hybridized carbons (Fsp3) is 0.545. The minimum Gasteiger partial charge on any atom is -0.440 e. The van der Waals surface area contributed by atoms with Crippen LogP contribution in [0.15, 0.2) is 16.5 Å². The van der Waals surface area contributed by atoms with Crippen molar-refractivity contribution in [1.29, 1.82) is 0 Å². The first-order valence-corrected chi connectivity index (χ1v) is 6.13. The van der Waals surface area contributed by atoms with E-state index in [1.54, 1.807) is 24.1 Å². The molecule has 1 aromatic heterocycles. The highest BCUT2D eigenvalue weighted by Crippen LogP contribution is 2.14. The van der Waals surface area contributed by atoms with Crippen molar-refractivity contribution in [3.8, 4) is 0 Å². The van der Waals surface area contributed by atoms with Crippen LogP contribution in [0.1, 0.15) is 29.8 Å². The molecule has 5 heteroatoms. The van der Waals surface area contributed by atoms with Gasteiger partial charge in [0.25, 0.3) is 5.91 Å². The smallest absolute Gasteiger partial charge is 0.289 e. The number of alkyl halides is 1. The fourth-order valence-corrected chi connectivity index (χ4v) is 1.67. The Hall–Kier alpha value is -0.670. The minimum atomic E-state index is -0.141. The average molecular weight is 264 g/mol. The molecule has 16 heavy (non-hydrogen) atoms. The van der Waals surface area contributed by atoms with Gasteiger partial charge in [0, 0.05) is 19.5 Å². The van der Waals surface area contributed by atoms with E-state index in [0.717, 1.165) is 19.3 Å². The molecule has 1 amide bonds. The van der Waals surface area contributed by atoms with Gasteiger partial charge in [-0.05, 0) is 36.6 Å². The number of hydrogen-bond donors (Lipinski definition) is 0. The molecule has 0 spiro atoms. The molecule has 0 radical (unpaired) electrons. The first-order chi connectivity index (χ1) is 7.65. The first-order valence-electron chi connectivity index (χ1n) is 5.22. The molecule has 0 aliphatic heterocycles. The molecule has 1 aromatic rings. The lowest BCUT2D eigenvalue weighted by molar-refractivity contribution is 0.0761. The Kier molecular flexibility index (Phi) is 5.71. The van der Waals surface area contributed by atoms with Crippen molar-refractivity contribution in [3.63, 3.8) is 0 Å². The Balaban J connectivity index is 2.36. The van der Waals surface area contributed by atoms with Crippen molar-refractivity contribution in [1.82, 2.24) is 4.90 Å². The number of carbonyl (C=O) groups is 1. The Labute approximate surface area is 105 Å². The third-order valence-corrected chi connectivity index (χ3v) is 2.73. The summed E-state index contributed by atoms with van der Waals surface area (Å²) in [4.78, 5) is 13.4.